The Bertz CT molecular complexity index is 656. The average molecular weight is 347 g/mol. The van der Waals surface area contributed by atoms with Crippen LogP contribution in [0.25, 0.3) is 0 Å². The fourth-order valence-electron chi connectivity index (χ4n) is 3.30. The van der Waals surface area contributed by atoms with Crippen LogP contribution in [0, 0.1) is 5.92 Å². The smallest absolute Gasteiger partial charge is 0.320 e. The molecular formula is C18H25N3O4. The SMILES string of the molecule is CC1CCN(C(=O)N2Cc3ccc(C(=O)NO)cc3OC[C@@H]2C)CC1. The van der Waals surface area contributed by atoms with Crippen molar-refractivity contribution in [3.63, 3.8) is 0 Å². The van der Waals surface area contributed by atoms with E-state index in [4.69, 9.17) is 9.94 Å². The maximum Gasteiger partial charge on any atom is 0.320 e. The molecule has 1 aromatic rings. The second-order valence-corrected chi connectivity index (χ2v) is 7.00. The van der Waals surface area contributed by atoms with Gasteiger partial charge in [-0.25, -0.2) is 10.3 Å². The number of hydrogen-bond donors (Lipinski definition) is 2. The van der Waals surface area contributed by atoms with Gasteiger partial charge in [0.2, 0.25) is 0 Å². The zero-order valence-corrected chi connectivity index (χ0v) is 14.7. The van der Waals surface area contributed by atoms with E-state index in [1.54, 1.807) is 23.7 Å². The molecule has 3 amide bonds. The van der Waals surface area contributed by atoms with Gasteiger partial charge in [0.25, 0.3) is 5.91 Å². The molecule has 0 radical (unpaired) electrons. The van der Waals surface area contributed by atoms with Crippen LogP contribution in [0.4, 0.5) is 4.79 Å². The van der Waals surface area contributed by atoms with Gasteiger partial charge >= 0.3 is 6.03 Å². The summed E-state index contributed by atoms with van der Waals surface area (Å²) in [4.78, 5) is 28.3. The second-order valence-electron chi connectivity index (χ2n) is 7.00. The first-order valence-corrected chi connectivity index (χ1v) is 8.75. The normalized spacial score (nSPS) is 21.2. The topological polar surface area (TPSA) is 82.1 Å². The summed E-state index contributed by atoms with van der Waals surface area (Å²) in [5, 5.41) is 8.77. The third kappa shape index (κ3) is 3.71. The lowest BCUT2D eigenvalue weighted by molar-refractivity contribution is 0.0706. The minimum absolute atomic E-state index is 0.0491. The first-order chi connectivity index (χ1) is 12.0. The molecule has 0 spiro atoms. The van der Waals surface area contributed by atoms with Crippen LogP contribution in [-0.2, 0) is 6.54 Å². The van der Waals surface area contributed by atoms with Gasteiger partial charge < -0.3 is 14.5 Å². The van der Waals surface area contributed by atoms with Crippen LogP contribution in [0.3, 0.4) is 0 Å². The van der Waals surface area contributed by atoms with Crippen LogP contribution < -0.4 is 10.2 Å². The molecule has 2 aliphatic rings. The standard InChI is InChI=1S/C18H25N3O4/c1-12-5-7-20(8-6-12)18(23)21-10-15-4-3-14(17(22)19-24)9-16(15)25-11-13(21)2/h3-4,9,12-13,24H,5-8,10-11H2,1-2H3,(H,19,22)/t13-/m0/s1. The maximum atomic E-state index is 13.0. The van der Waals surface area contributed by atoms with Crippen molar-refractivity contribution in [1.82, 2.24) is 15.3 Å². The molecule has 7 nitrogen and oxygen atoms in total. The molecule has 0 aromatic heterocycles. The third-order valence-electron chi connectivity index (χ3n) is 5.08. The predicted molar refractivity (Wildman–Crippen MR) is 91.6 cm³/mol. The van der Waals surface area contributed by atoms with Crippen LogP contribution in [0.15, 0.2) is 18.2 Å². The summed E-state index contributed by atoms with van der Waals surface area (Å²) in [6.07, 6.45) is 2.08. The number of benzene rings is 1. The fraction of sp³-hybridized carbons (Fsp3) is 0.556. The van der Waals surface area contributed by atoms with Crippen molar-refractivity contribution in [3.05, 3.63) is 29.3 Å². The number of rotatable bonds is 1. The monoisotopic (exact) mass is 347 g/mol. The van der Waals surface area contributed by atoms with Crippen LogP contribution in [0.1, 0.15) is 42.6 Å². The molecule has 1 saturated heterocycles. The molecule has 2 heterocycles. The van der Waals surface area contributed by atoms with E-state index in [9.17, 15) is 9.59 Å². The van der Waals surface area contributed by atoms with Crippen LogP contribution in [0.2, 0.25) is 0 Å². The quantitative estimate of drug-likeness (QED) is 0.603. The van der Waals surface area contributed by atoms with Crippen LogP contribution >= 0.6 is 0 Å². The highest BCUT2D eigenvalue weighted by Gasteiger charge is 2.31. The Morgan fingerprint density at radius 2 is 1.96 bits per heavy atom. The molecule has 1 aromatic carbocycles. The van der Waals surface area contributed by atoms with E-state index in [-0.39, 0.29) is 12.1 Å². The lowest BCUT2D eigenvalue weighted by Crippen LogP contribution is -2.50. The Kier molecular flexibility index (Phi) is 5.13. The van der Waals surface area contributed by atoms with Gasteiger partial charge in [0.05, 0.1) is 12.6 Å². The summed E-state index contributed by atoms with van der Waals surface area (Å²) in [7, 11) is 0. The minimum atomic E-state index is -0.584. The summed E-state index contributed by atoms with van der Waals surface area (Å²) in [6.45, 7) is 6.60. The molecule has 2 N–H and O–H groups in total. The third-order valence-corrected chi connectivity index (χ3v) is 5.08. The van der Waals surface area contributed by atoms with Gasteiger partial charge in [-0.1, -0.05) is 13.0 Å². The largest absolute Gasteiger partial charge is 0.491 e. The number of carbonyl (C=O) groups is 2. The van der Waals surface area contributed by atoms with E-state index in [2.05, 4.69) is 6.92 Å². The molecule has 3 rings (SSSR count). The number of ether oxygens (including phenoxy) is 1. The van der Waals surface area contributed by atoms with Gasteiger partial charge in [-0.2, -0.15) is 0 Å². The lowest BCUT2D eigenvalue weighted by atomic mass is 9.99. The van der Waals surface area contributed by atoms with Crippen molar-refractivity contribution in [2.75, 3.05) is 19.7 Å². The van der Waals surface area contributed by atoms with Crippen molar-refractivity contribution in [3.8, 4) is 5.75 Å². The van der Waals surface area contributed by atoms with Gasteiger partial charge in [0.15, 0.2) is 0 Å². The van der Waals surface area contributed by atoms with Gasteiger partial charge in [-0.15, -0.1) is 0 Å². The van der Waals surface area contributed by atoms with E-state index in [1.807, 2.05) is 16.7 Å². The number of nitrogens with one attached hydrogen (secondary N) is 1. The summed E-state index contributed by atoms with van der Waals surface area (Å²) in [5.74, 6) is 0.667. The number of hydrogen-bond acceptors (Lipinski definition) is 4. The molecule has 2 aliphatic heterocycles. The number of nitrogens with zero attached hydrogens (tertiary/aromatic N) is 2. The summed E-state index contributed by atoms with van der Waals surface area (Å²) in [5.41, 5.74) is 2.80. The number of piperidine rings is 1. The van der Waals surface area contributed by atoms with E-state index in [0.29, 0.717) is 30.4 Å². The van der Waals surface area contributed by atoms with Gasteiger partial charge in [-0.05, 0) is 37.8 Å². The highest BCUT2D eigenvalue weighted by molar-refractivity contribution is 5.93. The van der Waals surface area contributed by atoms with Crippen LogP contribution in [0.5, 0.6) is 5.75 Å². The highest BCUT2D eigenvalue weighted by atomic mass is 16.5. The van der Waals surface area contributed by atoms with Crippen molar-refractivity contribution in [2.24, 2.45) is 5.92 Å². The minimum Gasteiger partial charge on any atom is -0.491 e. The summed E-state index contributed by atoms with van der Waals surface area (Å²) < 4.78 is 5.81. The first kappa shape index (κ1) is 17.5. The first-order valence-electron chi connectivity index (χ1n) is 8.75. The highest BCUT2D eigenvalue weighted by Crippen LogP contribution is 2.28. The summed E-state index contributed by atoms with van der Waals surface area (Å²) in [6, 6.07) is 4.98. The Labute approximate surface area is 147 Å². The Hall–Kier alpha value is -2.28. The Morgan fingerprint density at radius 1 is 1.24 bits per heavy atom. The number of amides is 3. The van der Waals surface area contributed by atoms with E-state index in [0.717, 1.165) is 31.5 Å². The Balaban J connectivity index is 1.78. The zero-order chi connectivity index (χ0) is 18.0. The van der Waals surface area contributed by atoms with E-state index >= 15 is 0 Å². The molecule has 0 unspecified atom stereocenters. The number of fused-ring (bicyclic) bond motifs is 1. The van der Waals surface area contributed by atoms with Gasteiger partial charge in [-0.3, -0.25) is 10.0 Å². The molecule has 0 aliphatic carbocycles. The number of carbonyl (C=O) groups excluding carboxylic acids is 2. The van der Waals surface area contributed by atoms with Crippen molar-refractivity contribution < 1.29 is 19.5 Å². The lowest BCUT2D eigenvalue weighted by Gasteiger charge is -2.36. The second kappa shape index (κ2) is 7.31. The molecule has 7 heteroatoms. The molecule has 1 fully saturated rings. The van der Waals surface area contributed by atoms with Crippen LogP contribution in [-0.4, -0.2) is 52.7 Å². The number of hydroxylamine groups is 1. The van der Waals surface area contributed by atoms with Crippen molar-refractivity contribution >= 4 is 11.9 Å². The van der Waals surface area contributed by atoms with E-state index in [1.165, 1.54) is 0 Å². The van der Waals surface area contributed by atoms with Crippen molar-refractivity contribution in [1.29, 1.82) is 0 Å². The predicted octanol–water partition coefficient (Wildman–Crippen LogP) is 2.24. The molecule has 0 saturated carbocycles. The van der Waals surface area contributed by atoms with Gasteiger partial charge in [0, 0.05) is 24.2 Å². The van der Waals surface area contributed by atoms with Gasteiger partial charge in [0.1, 0.15) is 12.4 Å². The number of likely N-dealkylation sites (tertiary alicyclic amines) is 1. The zero-order valence-electron chi connectivity index (χ0n) is 14.7. The van der Waals surface area contributed by atoms with E-state index < -0.39 is 5.91 Å². The fourth-order valence-corrected chi connectivity index (χ4v) is 3.30. The molecule has 136 valence electrons. The molecule has 0 bridgehead atoms. The molecule has 25 heavy (non-hydrogen) atoms. The average Bonchev–Trinajstić information content (AvgIpc) is 2.79. The summed E-state index contributed by atoms with van der Waals surface area (Å²) >= 11 is 0. The molecule has 1 atom stereocenters. The van der Waals surface area contributed by atoms with Crippen molar-refractivity contribution in [2.45, 2.75) is 39.3 Å². The molecular weight excluding hydrogens is 322 g/mol. The Morgan fingerprint density at radius 3 is 2.64 bits per heavy atom. The number of urea groups is 1. The maximum absolute atomic E-state index is 13.0.